The third-order valence-corrected chi connectivity index (χ3v) is 4.50. The van der Waals surface area contributed by atoms with Gasteiger partial charge in [-0.25, -0.2) is 9.97 Å². The fourth-order valence-corrected chi connectivity index (χ4v) is 2.75. The Balaban J connectivity index is 1.64. The van der Waals surface area contributed by atoms with Crippen LogP contribution in [0.5, 0.6) is 5.75 Å². The third-order valence-electron chi connectivity index (χ3n) is 4.50. The maximum atomic E-state index is 5.27. The van der Waals surface area contributed by atoms with Gasteiger partial charge in [0, 0.05) is 49.5 Å². The van der Waals surface area contributed by atoms with Gasteiger partial charge in [-0.1, -0.05) is 12.1 Å². The lowest BCUT2D eigenvalue weighted by atomic mass is 10.1. The van der Waals surface area contributed by atoms with E-state index in [2.05, 4.69) is 58.4 Å². The van der Waals surface area contributed by atoms with E-state index in [0.717, 1.165) is 35.7 Å². The van der Waals surface area contributed by atoms with Crippen molar-refractivity contribution in [2.45, 2.75) is 0 Å². The van der Waals surface area contributed by atoms with Gasteiger partial charge < -0.3 is 19.9 Å². The molecule has 1 N–H and O–H groups in total. The minimum Gasteiger partial charge on any atom is -0.497 e. The summed E-state index contributed by atoms with van der Waals surface area (Å²) in [5, 5.41) is 3.25. The van der Waals surface area contributed by atoms with Crippen LogP contribution in [-0.4, -0.2) is 56.2 Å². The number of hydrogen-bond donors (Lipinski definition) is 1. The average molecular weight is 377 g/mol. The Kier molecular flexibility index (Phi) is 6.45. The highest BCUT2D eigenvalue weighted by atomic mass is 16.5. The second kappa shape index (κ2) is 9.19. The Morgan fingerprint density at radius 1 is 0.893 bits per heavy atom. The zero-order valence-corrected chi connectivity index (χ0v) is 16.9. The molecule has 0 radical (unpaired) electrons. The number of nitrogens with one attached hydrogen (secondary N) is 1. The van der Waals surface area contributed by atoms with Crippen molar-refractivity contribution < 1.29 is 4.74 Å². The van der Waals surface area contributed by atoms with Gasteiger partial charge >= 0.3 is 0 Å². The van der Waals surface area contributed by atoms with Crippen LogP contribution in [0.15, 0.2) is 60.9 Å². The van der Waals surface area contributed by atoms with Crippen LogP contribution >= 0.6 is 0 Å². The third kappa shape index (κ3) is 5.20. The second-order valence-corrected chi connectivity index (χ2v) is 6.92. The number of anilines is 3. The van der Waals surface area contributed by atoms with E-state index in [-0.39, 0.29) is 0 Å². The summed E-state index contributed by atoms with van der Waals surface area (Å²) in [6.07, 6.45) is 3.63. The van der Waals surface area contributed by atoms with Crippen LogP contribution in [-0.2, 0) is 0 Å². The topological polar surface area (TPSA) is 53.5 Å². The minimum absolute atomic E-state index is 0.570. The molecule has 0 saturated carbocycles. The first-order chi connectivity index (χ1) is 13.5. The Labute approximate surface area is 166 Å². The summed E-state index contributed by atoms with van der Waals surface area (Å²) in [4.78, 5) is 13.3. The number of hydrogen-bond acceptors (Lipinski definition) is 6. The van der Waals surface area contributed by atoms with E-state index in [9.17, 15) is 0 Å². The summed E-state index contributed by atoms with van der Waals surface area (Å²) in [7, 11) is 7.93. The minimum atomic E-state index is 0.570. The van der Waals surface area contributed by atoms with E-state index in [0.29, 0.717) is 5.95 Å². The van der Waals surface area contributed by atoms with Gasteiger partial charge in [-0.3, -0.25) is 0 Å². The molecular weight excluding hydrogens is 350 g/mol. The molecule has 0 aliphatic carbocycles. The quantitative estimate of drug-likeness (QED) is 0.643. The van der Waals surface area contributed by atoms with Crippen LogP contribution in [0.25, 0.3) is 11.1 Å². The Morgan fingerprint density at radius 3 is 2.25 bits per heavy atom. The first-order valence-electron chi connectivity index (χ1n) is 9.24. The molecular formula is C22H27N5O. The number of rotatable bonds is 8. The molecule has 0 aliphatic heterocycles. The molecule has 146 valence electrons. The van der Waals surface area contributed by atoms with Crippen molar-refractivity contribution in [2.24, 2.45) is 0 Å². The monoisotopic (exact) mass is 377 g/mol. The van der Waals surface area contributed by atoms with Gasteiger partial charge in [0.2, 0.25) is 5.95 Å². The largest absolute Gasteiger partial charge is 0.497 e. The molecule has 6 heteroatoms. The molecule has 1 aromatic heterocycles. The maximum absolute atomic E-state index is 5.27. The van der Waals surface area contributed by atoms with Crippen molar-refractivity contribution in [3.05, 3.63) is 60.9 Å². The summed E-state index contributed by atoms with van der Waals surface area (Å²) in [5.41, 5.74) is 4.11. The van der Waals surface area contributed by atoms with Crippen molar-refractivity contribution in [1.29, 1.82) is 0 Å². The molecule has 1 heterocycles. The highest BCUT2D eigenvalue weighted by molar-refractivity contribution is 5.65. The summed E-state index contributed by atoms with van der Waals surface area (Å²) >= 11 is 0. The lowest BCUT2D eigenvalue weighted by molar-refractivity contribution is 0.415. The summed E-state index contributed by atoms with van der Waals surface area (Å²) < 4.78 is 5.27. The second-order valence-electron chi connectivity index (χ2n) is 6.92. The Hall–Kier alpha value is -3.12. The van der Waals surface area contributed by atoms with E-state index in [1.54, 1.807) is 7.11 Å². The smallest absolute Gasteiger partial charge is 0.227 e. The number of nitrogens with zero attached hydrogens (tertiary/aromatic N) is 4. The first kappa shape index (κ1) is 19.6. The van der Waals surface area contributed by atoms with Crippen LogP contribution in [0.4, 0.5) is 17.3 Å². The number of methoxy groups -OCH3 is 1. The number of aromatic nitrogens is 2. The molecule has 0 atom stereocenters. The van der Waals surface area contributed by atoms with Gasteiger partial charge in [0.1, 0.15) is 5.75 Å². The van der Waals surface area contributed by atoms with Crippen molar-refractivity contribution in [1.82, 2.24) is 14.9 Å². The molecule has 6 nitrogen and oxygen atoms in total. The van der Waals surface area contributed by atoms with E-state index in [4.69, 9.17) is 4.74 Å². The first-order valence-corrected chi connectivity index (χ1v) is 9.24. The number of likely N-dealkylation sites (N-methyl/N-ethyl adjacent to an activating group) is 2. The maximum Gasteiger partial charge on any atom is 0.227 e. The summed E-state index contributed by atoms with van der Waals surface area (Å²) in [6.45, 7) is 2.00. The highest BCUT2D eigenvalue weighted by Gasteiger charge is 2.05. The van der Waals surface area contributed by atoms with E-state index >= 15 is 0 Å². The molecule has 0 amide bonds. The van der Waals surface area contributed by atoms with Crippen LogP contribution in [0.2, 0.25) is 0 Å². The number of ether oxygens (including phenoxy) is 1. The lowest BCUT2D eigenvalue weighted by Crippen LogP contribution is -2.28. The van der Waals surface area contributed by atoms with Crippen molar-refractivity contribution in [2.75, 3.05) is 51.6 Å². The molecule has 0 aliphatic rings. The number of benzene rings is 2. The molecule has 0 saturated heterocycles. The predicted molar refractivity (Wildman–Crippen MR) is 116 cm³/mol. The standard InChI is InChI=1S/C22H27N5O/c1-26(2)12-13-27(3)20-10-8-19(9-11-20)25-22-23-15-18(16-24-22)17-6-5-7-21(14-17)28-4/h5-11,14-16H,12-13H2,1-4H3,(H,23,24,25). The van der Waals surface area contributed by atoms with Crippen molar-refractivity contribution >= 4 is 17.3 Å². The molecule has 3 rings (SSSR count). The zero-order valence-electron chi connectivity index (χ0n) is 16.9. The molecule has 2 aromatic carbocycles. The average Bonchev–Trinajstić information content (AvgIpc) is 2.73. The SMILES string of the molecule is COc1cccc(-c2cnc(Nc3ccc(N(C)CCN(C)C)cc3)nc2)c1. The molecule has 0 fully saturated rings. The van der Waals surface area contributed by atoms with Crippen LogP contribution < -0.4 is 15.0 Å². The Bertz CT molecular complexity index is 878. The van der Waals surface area contributed by atoms with E-state index < -0.39 is 0 Å². The Morgan fingerprint density at radius 2 is 1.61 bits per heavy atom. The summed E-state index contributed by atoms with van der Waals surface area (Å²) in [5.74, 6) is 1.38. The fraction of sp³-hybridized carbons (Fsp3) is 0.273. The van der Waals surface area contributed by atoms with Gasteiger partial charge in [0.15, 0.2) is 0 Å². The molecule has 0 bridgehead atoms. The van der Waals surface area contributed by atoms with Crippen molar-refractivity contribution in [3.8, 4) is 16.9 Å². The molecule has 28 heavy (non-hydrogen) atoms. The van der Waals surface area contributed by atoms with E-state index in [1.807, 2.05) is 48.8 Å². The van der Waals surface area contributed by atoms with Gasteiger partial charge in [-0.05, 0) is 56.1 Å². The fourth-order valence-electron chi connectivity index (χ4n) is 2.75. The van der Waals surface area contributed by atoms with Crippen molar-refractivity contribution in [3.63, 3.8) is 0 Å². The molecule has 0 spiro atoms. The van der Waals surface area contributed by atoms with Gasteiger partial charge in [0.05, 0.1) is 7.11 Å². The van der Waals surface area contributed by atoms with Gasteiger partial charge in [-0.2, -0.15) is 0 Å². The highest BCUT2D eigenvalue weighted by Crippen LogP contribution is 2.24. The summed E-state index contributed by atoms with van der Waals surface area (Å²) in [6, 6.07) is 16.1. The predicted octanol–water partition coefficient (Wildman–Crippen LogP) is 3.89. The van der Waals surface area contributed by atoms with Crippen LogP contribution in [0, 0.1) is 0 Å². The normalized spacial score (nSPS) is 10.8. The molecule has 0 unspecified atom stereocenters. The van der Waals surface area contributed by atoms with Gasteiger partial charge in [-0.15, -0.1) is 0 Å². The van der Waals surface area contributed by atoms with E-state index in [1.165, 1.54) is 5.69 Å². The molecule has 3 aromatic rings. The van der Waals surface area contributed by atoms with Crippen LogP contribution in [0.3, 0.4) is 0 Å². The lowest BCUT2D eigenvalue weighted by Gasteiger charge is -2.21. The van der Waals surface area contributed by atoms with Gasteiger partial charge in [0.25, 0.3) is 0 Å². The zero-order chi connectivity index (χ0) is 19.9. The van der Waals surface area contributed by atoms with Crippen LogP contribution in [0.1, 0.15) is 0 Å².